The molecule has 0 spiro atoms. The van der Waals surface area contributed by atoms with Gasteiger partial charge < -0.3 is 35.6 Å². The SMILES string of the molecule is CC(NCCN1CCOCC1)c1cc(NC(=O)c2cc(NC(=O)c3cc(NC(=O)c4ccc(Cl)cc4F)c[nH]3)cs2)cn1C. The maximum atomic E-state index is 14.1. The second-order valence-corrected chi connectivity index (χ2v) is 11.7. The van der Waals surface area contributed by atoms with Crippen LogP contribution in [0.3, 0.4) is 0 Å². The molecule has 1 saturated heterocycles. The number of rotatable bonds is 11. The Hall–Kier alpha value is -4.01. The van der Waals surface area contributed by atoms with Gasteiger partial charge in [-0.05, 0) is 43.3 Å². The number of nitrogens with one attached hydrogen (secondary N) is 5. The number of aromatic amines is 1. The number of benzene rings is 1. The van der Waals surface area contributed by atoms with E-state index in [2.05, 4.69) is 38.1 Å². The predicted molar refractivity (Wildman–Crippen MR) is 169 cm³/mol. The van der Waals surface area contributed by atoms with Crippen LogP contribution in [0.15, 0.2) is 54.2 Å². The molecular weight excluding hydrogens is 609 g/mol. The standard InChI is InChI=1S/C30H33ClFN7O4S/c1-18(33-5-6-39-7-9-43-10-8-39)26-13-21(16-38(26)2)36-30(42)27-14-22(17-44-27)37-29(41)25-12-20(15-34-25)35-28(40)23-4-3-19(31)11-24(23)32/h3-4,11-18,33-34H,5-10H2,1-2H3,(H,35,40)(H,36,42)(H,37,41). The van der Waals surface area contributed by atoms with Crippen LogP contribution in [-0.4, -0.2) is 71.6 Å². The number of ether oxygens (including phenoxy) is 1. The van der Waals surface area contributed by atoms with Crippen molar-refractivity contribution >= 4 is 57.7 Å². The first-order valence-electron chi connectivity index (χ1n) is 14.0. The number of carbonyl (C=O) groups excluding carboxylic acids is 3. The number of H-pyrrole nitrogens is 1. The van der Waals surface area contributed by atoms with E-state index in [1.165, 1.54) is 35.7 Å². The monoisotopic (exact) mass is 641 g/mol. The molecule has 1 aliphatic rings. The zero-order chi connectivity index (χ0) is 31.2. The molecule has 0 radical (unpaired) electrons. The summed E-state index contributed by atoms with van der Waals surface area (Å²) in [7, 11) is 1.94. The molecule has 5 rings (SSSR count). The molecule has 1 atom stereocenters. The van der Waals surface area contributed by atoms with Gasteiger partial charge in [0.05, 0.1) is 40.7 Å². The summed E-state index contributed by atoms with van der Waals surface area (Å²) in [6.45, 7) is 7.35. The summed E-state index contributed by atoms with van der Waals surface area (Å²) in [4.78, 5) is 43.7. The van der Waals surface area contributed by atoms with Crippen LogP contribution in [0.4, 0.5) is 21.5 Å². The molecule has 1 aromatic carbocycles. The molecule has 5 N–H and O–H groups in total. The van der Waals surface area contributed by atoms with Crippen molar-refractivity contribution in [2.75, 3.05) is 55.3 Å². The molecule has 1 fully saturated rings. The summed E-state index contributed by atoms with van der Waals surface area (Å²) in [5.41, 5.74) is 2.43. The van der Waals surface area contributed by atoms with Gasteiger partial charge in [0.1, 0.15) is 11.5 Å². The van der Waals surface area contributed by atoms with Gasteiger partial charge in [-0.15, -0.1) is 11.3 Å². The van der Waals surface area contributed by atoms with E-state index >= 15 is 0 Å². The summed E-state index contributed by atoms with van der Waals surface area (Å²) >= 11 is 6.94. The van der Waals surface area contributed by atoms with E-state index in [0.717, 1.165) is 51.2 Å². The Morgan fingerprint density at radius 2 is 1.77 bits per heavy atom. The Morgan fingerprint density at radius 3 is 2.55 bits per heavy atom. The van der Waals surface area contributed by atoms with Gasteiger partial charge in [-0.25, -0.2) is 4.39 Å². The van der Waals surface area contributed by atoms with Gasteiger partial charge in [0.25, 0.3) is 17.7 Å². The Balaban J connectivity index is 1.12. The first-order valence-corrected chi connectivity index (χ1v) is 15.3. The van der Waals surface area contributed by atoms with E-state index in [9.17, 15) is 18.8 Å². The minimum absolute atomic E-state index is 0.0932. The minimum atomic E-state index is -0.754. The molecule has 0 aliphatic carbocycles. The highest BCUT2D eigenvalue weighted by Crippen LogP contribution is 2.24. The topological polar surface area (TPSA) is 133 Å². The Bertz CT molecular complexity index is 1650. The average Bonchev–Trinajstić information content (AvgIpc) is 3.74. The highest BCUT2D eigenvalue weighted by Gasteiger charge is 2.18. The summed E-state index contributed by atoms with van der Waals surface area (Å²) < 4.78 is 21.4. The van der Waals surface area contributed by atoms with E-state index in [1.54, 1.807) is 11.4 Å². The van der Waals surface area contributed by atoms with Crippen LogP contribution >= 0.6 is 22.9 Å². The molecule has 3 aromatic heterocycles. The second-order valence-electron chi connectivity index (χ2n) is 10.4. The van der Waals surface area contributed by atoms with E-state index in [4.69, 9.17) is 16.3 Å². The number of halogens is 2. The summed E-state index contributed by atoms with van der Waals surface area (Å²) in [5, 5.41) is 13.6. The van der Waals surface area contributed by atoms with E-state index < -0.39 is 17.6 Å². The first-order chi connectivity index (χ1) is 21.2. The highest BCUT2D eigenvalue weighted by atomic mass is 35.5. The Kier molecular flexibility index (Phi) is 10.1. The Morgan fingerprint density at radius 1 is 1.02 bits per heavy atom. The van der Waals surface area contributed by atoms with E-state index in [-0.39, 0.29) is 33.9 Å². The average molecular weight is 642 g/mol. The van der Waals surface area contributed by atoms with Crippen molar-refractivity contribution in [1.82, 2.24) is 19.8 Å². The maximum Gasteiger partial charge on any atom is 0.272 e. The third-order valence-electron chi connectivity index (χ3n) is 7.17. The lowest BCUT2D eigenvalue weighted by Gasteiger charge is -2.27. The summed E-state index contributed by atoms with van der Waals surface area (Å²) in [6.07, 6.45) is 3.29. The van der Waals surface area contributed by atoms with Gasteiger partial charge in [0.15, 0.2) is 0 Å². The molecule has 232 valence electrons. The molecule has 4 aromatic rings. The third kappa shape index (κ3) is 7.92. The number of hydrogen-bond acceptors (Lipinski definition) is 7. The summed E-state index contributed by atoms with van der Waals surface area (Å²) in [5.74, 6) is -2.20. The molecule has 11 nitrogen and oxygen atoms in total. The van der Waals surface area contributed by atoms with Crippen molar-refractivity contribution in [3.63, 3.8) is 0 Å². The molecule has 1 aliphatic heterocycles. The zero-order valence-corrected chi connectivity index (χ0v) is 25.8. The van der Waals surface area contributed by atoms with Crippen LogP contribution in [0.1, 0.15) is 49.2 Å². The molecule has 44 heavy (non-hydrogen) atoms. The molecule has 1 unspecified atom stereocenters. The molecule has 0 bridgehead atoms. The molecular formula is C30H33ClFN7O4S. The largest absolute Gasteiger partial charge is 0.379 e. The van der Waals surface area contributed by atoms with Crippen molar-refractivity contribution in [3.8, 4) is 0 Å². The lowest BCUT2D eigenvalue weighted by molar-refractivity contribution is 0.0381. The number of hydrogen-bond donors (Lipinski definition) is 5. The third-order valence-corrected chi connectivity index (χ3v) is 8.33. The van der Waals surface area contributed by atoms with Crippen molar-refractivity contribution < 1.29 is 23.5 Å². The van der Waals surface area contributed by atoms with Crippen LogP contribution in [0.5, 0.6) is 0 Å². The minimum Gasteiger partial charge on any atom is -0.379 e. The van der Waals surface area contributed by atoms with Gasteiger partial charge in [-0.3, -0.25) is 19.3 Å². The number of morpholine rings is 1. The van der Waals surface area contributed by atoms with Crippen molar-refractivity contribution in [1.29, 1.82) is 0 Å². The van der Waals surface area contributed by atoms with Crippen LogP contribution < -0.4 is 21.3 Å². The van der Waals surface area contributed by atoms with Gasteiger partial charge in [-0.1, -0.05) is 11.6 Å². The maximum absolute atomic E-state index is 14.1. The highest BCUT2D eigenvalue weighted by molar-refractivity contribution is 7.12. The van der Waals surface area contributed by atoms with Gasteiger partial charge >= 0.3 is 0 Å². The molecule has 3 amide bonds. The van der Waals surface area contributed by atoms with Gasteiger partial charge in [0, 0.05) is 67.8 Å². The fourth-order valence-electron chi connectivity index (χ4n) is 4.83. The quantitative estimate of drug-likeness (QED) is 0.158. The van der Waals surface area contributed by atoms with E-state index in [0.29, 0.717) is 16.3 Å². The second kappa shape index (κ2) is 14.2. The molecule has 14 heteroatoms. The van der Waals surface area contributed by atoms with Crippen LogP contribution in [-0.2, 0) is 11.8 Å². The van der Waals surface area contributed by atoms with Crippen molar-refractivity contribution in [2.24, 2.45) is 7.05 Å². The smallest absolute Gasteiger partial charge is 0.272 e. The van der Waals surface area contributed by atoms with Gasteiger partial charge in [0.2, 0.25) is 0 Å². The van der Waals surface area contributed by atoms with Gasteiger partial charge in [-0.2, -0.15) is 0 Å². The van der Waals surface area contributed by atoms with Crippen molar-refractivity contribution in [2.45, 2.75) is 13.0 Å². The number of aromatic nitrogens is 2. The number of amides is 3. The number of carbonyl (C=O) groups is 3. The lowest BCUT2D eigenvalue weighted by atomic mass is 10.2. The fourth-order valence-corrected chi connectivity index (χ4v) is 5.72. The van der Waals surface area contributed by atoms with E-state index in [1.807, 2.05) is 23.9 Å². The molecule has 4 heterocycles. The Labute approximate surface area is 262 Å². The predicted octanol–water partition coefficient (Wildman–Crippen LogP) is 4.95. The van der Waals surface area contributed by atoms with Crippen LogP contribution in [0, 0.1) is 5.82 Å². The number of aryl methyl sites for hydroxylation is 1. The molecule has 0 saturated carbocycles. The van der Waals surface area contributed by atoms with Crippen LogP contribution in [0.2, 0.25) is 5.02 Å². The number of thiophene rings is 1. The normalized spacial score (nSPS) is 14.3. The lowest BCUT2D eigenvalue weighted by Crippen LogP contribution is -2.40. The zero-order valence-electron chi connectivity index (χ0n) is 24.2. The van der Waals surface area contributed by atoms with Crippen molar-refractivity contribution in [3.05, 3.63) is 86.8 Å². The number of anilines is 3. The summed E-state index contributed by atoms with van der Waals surface area (Å²) in [6, 6.07) is 8.79. The van der Waals surface area contributed by atoms with Crippen LogP contribution in [0.25, 0.3) is 0 Å². The first kappa shape index (κ1) is 31.4. The number of nitrogens with zero attached hydrogens (tertiary/aromatic N) is 2. The fraction of sp³-hybridized carbons (Fsp3) is 0.300.